The predicted octanol–water partition coefficient (Wildman–Crippen LogP) is 3.47. The van der Waals surface area contributed by atoms with Crippen LogP contribution in [0.2, 0.25) is 0 Å². The molecule has 2 aromatic rings. The minimum atomic E-state index is -0.562. The molecule has 0 aliphatic carbocycles. The molecule has 24 heavy (non-hydrogen) atoms. The first kappa shape index (κ1) is 17.8. The summed E-state index contributed by atoms with van der Waals surface area (Å²) in [7, 11) is 0. The average Bonchev–Trinajstić information content (AvgIpc) is 2.56. The van der Waals surface area contributed by atoms with Gasteiger partial charge < -0.3 is 10.4 Å². The number of benzene rings is 2. The second kappa shape index (κ2) is 7.84. The van der Waals surface area contributed by atoms with Crippen molar-refractivity contribution < 1.29 is 19.1 Å². The van der Waals surface area contributed by atoms with Crippen molar-refractivity contribution in [3.05, 3.63) is 65.0 Å². The Labute approximate surface area is 140 Å². The highest BCUT2D eigenvalue weighted by atomic mass is 19.1. The number of anilines is 1. The van der Waals surface area contributed by atoms with Crippen molar-refractivity contribution in [2.45, 2.75) is 26.9 Å². The molecule has 0 bridgehead atoms. The Morgan fingerprint density at radius 3 is 2.62 bits per heavy atom. The van der Waals surface area contributed by atoms with Crippen molar-refractivity contribution in [3.8, 4) is 0 Å². The molecule has 126 valence electrons. The van der Waals surface area contributed by atoms with Crippen LogP contribution in [0.5, 0.6) is 0 Å². The van der Waals surface area contributed by atoms with Crippen molar-refractivity contribution in [2.75, 3.05) is 5.32 Å². The first-order valence-corrected chi connectivity index (χ1v) is 7.70. The third-order valence-corrected chi connectivity index (χ3v) is 3.81. The van der Waals surface area contributed by atoms with Gasteiger partial charge in [0.1, 0.15) is 5.82 Å². The average molecular weight is 329 g/mol. The Morgan fingerprint density at radius 2 is 1.96 bits per heavy atom. The van der Waals surface area contributed by atoms with Gasteiger partial charge in [-0.1, -0.05) is 31.2 Å². The summed E-state index contributed by atoms with van der Waals surface area (Å²) in [4.78, 5) is 24.4. The summed E-state index contributed by atoms with van der Waals surface area (Å²) in [6.07, 6.45) is -0.00185. The van der Waals surface area contributed by atoms with E-state index in [0.29, 0.717) is 11.3 Å². The number of aliphatic hydroxyl groups is 1. The van der Waals surface area contributed by atoms with Gasteiger partial charge in [0.05, 0.1) is 6.61 Å². The number of amides is 1. The molecule has 1 unspecified atom stereocenters. The minimum Gasteiger partial charge on any atom is -0.392 e. The fraction of sp³-hybridized carbons (Fsp3) is 0.263. The molecule has 0 aliphatic heterocycles. The van der Waals surface area contributed by atoms with E-state index in [1.54, 1.807) is 19.1 Å². The lowest BCUT2D eigenvalue weighted by molar-refractivity contribution is -0.116. The molecule has 4 nitrogen and oxygen atoms in total. The van der Waals surface area contributed by atoms with Gasteiger partial charge in [0.25, 0.3) is 0 Å². The van der Waals surface area contributed by atoms with Crippen LogP contribution in [0, 0.1) is 18.7 Å². The lowest BCUT2D eigenvalue weighted by atomic mass is 9.96. The second-order valence-electron chi connectivity index (χ2n) is 5.84. The highest BCUT2D eigenvalue weighted by Gasteiger charge is 2.19. The number of rotatable bonds is 6. The molecule has 0 fully saturated rings. The molecule has 2 aromatic carbocycles. The third-order valence-electron chi connectivity index (χ3n) is 3.81. The number of hydrogen-bond donors (Lipinski definition) is 2. The quantitative estimate of drug-likeness (QED) is 0.798. The Balaban J connectivity index is 2.03. The summed E-state index contributed by atoms with van der Waals surface area (Å²) >= 11 is 0. The number of carbonyl (C=O) groups excluding carboxylic acids is 2. The maximum absolute atomic E-state index is 13.2. The van der Waals surface area contributed by atoms with Crippen LogP contribution in [0.15, 0.2) is 42.5 Å². The number of aryl methyl sites for hydroxylation is 1. The molecule has 1 atom stereocenters. The number of hydrogen-bond acceptors (Lipinski definition) is 3. The fourth-order valence-electron chi connectivity index (χ4n) is 2.40. The molecular weight excluding hydrogens is 309 g/mol. The molecule has 0 saturated carbocycles. The van der Waals surface area contributed by atoms with E-state index in [9.17, 15) is 14.0 Å². The highest BCUT2D eigenvalue weighted by Crippen LogP contribution is 2.19. The van der Waals surface area contributed by atoms with Crippen LogP contribution in [0.25, 0.3) is 0 Å². The van der Waals surface area contributed by atoms with Gasteiger partial charge in [0.15, 0.2) is 5.78 Å². The van der Waals surface area contributed by atoms with Crippen molar-refractivity contribution in [3.63, 3.8) is 0 Å². The summed E-state index contributed by atoms with van der Waals surface area (Å²) in [5, 5.41) is 11.9. The lowest BCUT2D eigenvalue weighted by Gasteiger charge is -2.13. The molecular formula is C19H20FNO3. The number of Topliss-reactive ketones (excluding diaryl/α,β-unsaturated/α-hetero) is 1. The number of halogens is 1. The van der Waals surface area contributed by atoms with Crippen LogP contribution in [-0.4, -0.2) is 16.8 Å². The number of carbonyl (C=O) groups is 2. The molecule has 0 aromatic heterocycles. The maximum Gasteiger partial charge on any atom is 0.225 e. The number of nitrogens with one attached hydrogen (secondary N) is 1. The van der Waals surface area contributed by atoms with Crippen LogP contribution in [0.3, 0.4) is 0 Å². The van der Waals surface area contributed by atoms with Crippen LogP contribution >= 0.6 is 0 Å². The zero-order valence-electron chi connectivity index (χ0n) is 13.7. The van der Waals surface area contributed by atoms with Crippen LogP contribution in [-0.2, 0) is 11.4 Å². The molecule has 0 spiro atoms. The zero-order valence-corrected chi connectivity index (χ0v) is 13.7. The lowest BCUT2D eigenvalue weighted by Crippen LogP contribution is -2.21. The maximum atomic E-state index is 13.2. The summed E-state index contributed by atoms with van der Waals surface area (Å²) in [6, 6.07) is 10.7. The first-order valence-electron chi connectivity index (χ1n) is 7.70. The smallest absolute Gasteiger partial charge is 0.225 e. The molecule has 5 heteroatoms. The standard InChI is InChI=1S/C19H20FNO3/c1-12-6-7-14(11-22)9-17(12)21-18(23)8-13(2)19(24)15-4-3-5-16(20)10-15/h3-7,9-10,13,22H,8,11H2,1-2H3,(H,21,23). The summed E-state index contributed by atoms with van der Waals surface area (Å²) in [6.45, 7) is 3.37. The van der Waals surface area contributed by atoms with Gasteiger partial charge in [-0.3, -0.25) is 9.59 Å². The van der Waals surface area contributed by atoms with Gasteiger partial charge in [-0.25, -0.2) is 4.39 Å². The van der Waals surface area contributed by atoms with E-state index in [1.165, 1.54) is 24.3 Å². The molecule has 0 heterocycles. The molecule has 0 aliphatic rings. The molecule has 2 rings (SSSR count). The van der Waals surface area contributed by atoms with Gasteiger partial charge in [0, 0.05) is 23.6 Å². The Hall–Kier alpha value is -2.53. The van der Waals surface area contributed by atoms with Gasteiger partial charge in [-0.05, 0) is 36.2 Å². The number of ketones is 1. The summed E-state index contributed by atoms with van der Waals surface area (Å²) in [5.41, 5.74) is 2.43. The fourth-order valence-corrected chi connectivity index (χ4v) is 2.40. The van der Waals surface area contributed by atoms with Gasteiger partial charge in [-0.2, -0.15) is 0 Å². The van der Waals surface area contributed by atoms with Crippen LogP contribution < -0.4 is 5.32 Å². The Bertz CT molecular complexity index is 758. The number of aliphatic hydroxyl groups excluding tert-OH is 1. The first-order chi connectivity index (χ1) is 11.4. The van der Waals surface area contributed by atoms with E-state index < -0.39 is 11.7 Å². The Morgan fingerprint density at radius 1 is 1.21 bits per heavy atom. The summed E-state index contributed by atoms with van der Waals surface area (Å²) in [5.74, 6) is -1.61. The van der Waals surface area contributed by atoms with Crippen molar-refractivity contribution >= 4 is 17.4 Å². The van der Waals surface area contributed by atoms with Crippen molar-refractivity contribution in [2.24, 2.45) is 5.92 Å². The zero-order chi connectivity index (χ0) is 17.7. The van der Waals surface area contributed by atoms with Crippen LogP contribution in [0.4, 0.5) is 10.1 Å². The van der Waals surface area contributed by atoms with E-state index in [4.69, 9.17) is 5.11 Å². The molecule has 0 saturated heterocycles. The van der Waals surface area contributed by atoms with Crippen LogP contribution in [0.1, 0.15) is 34.8 Å². The van der Waals surface area contributed by atoms with E-state index in [2.05, 4.69) is 5.32 Å². The highest BCUT2D eigenvalue weighted by molar-refractivity contribution is 6.01. The largest absolute Gasteiger partial charge is 0.392 e. The third kappa shape index (κ3) is 4.49. The SMILES string of the molecule is Cc1ccc(CO)cc1NC(=O)CC(C)C(=O)c1cccc(F)c1. The van der Waals surface area contributed by atoms with E-state index in [1.807, 2.05) is 13.0 Å². The van der Waals surface area contributed by atoms with Crippen molar-refractivity contribution in [1.82, 2.24) is 0 Å². The normalized spacial score (nSPS) is 11.8. The van der Waals surface area contributed by atoms with E-state index in [-0.39, 0.29) is 30.3 Å². The molecule has 1 amide bonds. The Kier molecular flexibility index (Phi) is 5.82. The predicted molar refractivity (Wildman–Crippen MR) is 90.2 cm³/mol. The van der Waals surface area contributed by atoms with E-state index in [0.717, 1.165) is 5.56 Å². The topological polar surface area (TPSA) is 66.4 Å². The van der Waals surface area contributed by atoms with Crippen molar-refractivity contribution in [1.29, 1.82) is 0 Å². The van der Waals surface area contributed by atoms with Gasteiger partial charge in [0.2, 0.25) is 5.91 Å². The van der Waals surface area contributed by atoms with Gasteiger partial charge in [-0.15, -0.1) is 0 Å². The minimum absolute atomic E-state index is 0.00185. The monoisotopic (exact) mass is 329 g/mol. The molecule has 2 N–H and O–H groups in total. The van der Waals surface area contributed by atoms with Gasteiger partial charge >= 0.3 is 0 Å². The second-order valence-corrected chi connectivity index (χ2v) is 5.84. The van der Waals surface area contributed by atoms with E-state index >= 15 is 0 Å². The summed E-state index contributed by atoms with van der Waals surface area (Å²) < 4.78 is 13.2. The molecule has 0 radical (unpaired) electrons.